The fourth-order valence-corrected chi connectivity index (χ4v) is 4.49. The highest BCUT2D eigenvalue weighted by Crippen LogP contribution is 2.27. The molecule has 4 atom stereocenters. The molecule has 5 rings (SSSR count). The molecule has 0 aliphatic carbocycles. The summed E-state index contributed by atoms with van der Waals surface area (Å²) in [4.78, 5) is 10.6. The van der Waals surface area contributed by atoms with Crippen molar-refractivity contribution in [1.29, 1.82) is 0 Å². The molecule has 3 aliphatic rings. The Bertz CT molecular complexity index is 820. The Balaban J connectivity index is 1.25. The average Bonchev–Trinajstić information content (AvgIpc) is 3.13. The van der Waals surface area contributed by atoms with E-state index in [1.807, 2.05) is 12.4 Å². The summed E-state index contributed by atoms with van der Waals surface area (Å²) in [5.41, 5.74) is 3.50. The highest BCUT2D eigenvalue weighted by molar-refractivity contribution is 6.11. The number of fused-ring (bicyclic) bond motifs is 3. The van der Waals surface area contributed by atoms with Gasteiger partial charge < -0.3 is 15.2 Å². The van der Waals surface area contributed by atoms with Gasteiger partial charge in [-0.1, -0.05) is 6.07 Å². The standard InChI is InChI=1S/C20H25N5/c1-2-16-13-25(8-1)9-6-19(16)24-20-22-11-17(12-23-20)14-3-4-18-15(10-14)5-7-21-18/h3-5,7,10-12,16,19-22,24H,1-2,6,8-9,13H2. The zero-order valence-electron chi connectivity index (χ0n) is 14.4. The Morgan fingerprint density at radius 1 is 1.16 bits per heavy atom. The first-order chi connectivity index (χ1) is 12.3. The molecule has 3 N–H and O–H groups in total. The van der Waals surface area contributed by atoms with Crippen molar-refractivity contribution in [1.82, 2.24) is 20.5 Å². The van der Waals surface area contributed by atoms with Gasteiger partial charge >= 0.3 is 0 Å². The largest absolute Gasteiger partial charge is 0.361 e. The zero-order chi connectivity index (χ0) is 16.6. The Kier molecular flexibility index (Phi) is 3.83. The number of piperidine rings is 2. The summed E-state index contributed by atoms with van der Waals surface area (Å²) in [6.45, 7) is 3.77. The van der Waals surface area contributed by atoms with Crippen LogP contribution in [0.3, 0.4) is 0 Å². The lowest BCUT2D eigenvalue weighted by molar-refractivity contribution is 0.0860. The number of allylic oxidation sites excluding steroid dienone is 1. The van der Waals surface area contributed by atoms with Crippen molar-refractivity contribution in [3.63, 3.8) is 0 Å². The molecule has 0 radical (unpaired) electrons. The predicted molar refractivity (Wildman–Crippen MR) is 102 cm³/mol. The van der Waals surface area contributed by atoms with Gasteiger partial charge in [-0.05, 0) is 67.4 Å². The van der Waals surface area contributed by atoms with E-state index in [4.69, 9.17) is 4.99 Å². The quantitative estimate of drug-likeness (QED) is 0.808. The number of nitrogens with one attached hydrogen (secondary N) is 3. The molecule has 2 bridgehead atoms. The molecular weight excluding hydrogens is 310 g/mol. The maximum Gasteiger partial charge on any atom is 0.173 e. The number of aromatic nitrogens is 1. The summed E-state index contributed by atoms with van der Waals surface area (Å²) >= 11 is 0. The SMILES string of the molecule is C1=NC(NC2CCN3CCCC2C3)NC=C1c1ccc2[nH]ccc2c1. The van der Waals surface area contributed by atoms with Crippen LogP contribution in [0.4, 0.5) is 0 Å². The average molecular weight is 335 g/mol. The van der Waals surface area contributed by atoms with Crippen molar-refractivity contribution >= 4 is 22.7 Å². The maximum atomic E-state index is 4.72. The van der Waals surface area contributed by atoms with E-state index in [-0.39, 0.29) is 6.29 Å². The van der Waals surface area contributed by atoms with Crippen molar-refractivity contribution < 1.29 is 0 Å². The molecular formula is C20H25N5. The third kappa shape index (κ3) is 2.98. The Labute approximate surface area is 148 Å². The zero-order valence-corrected chi connectivity index (χ0v) is 14.4. The van der Waals surface area contributed by atoms with Crippen LogP contribution in [-0.2, 0) is 0 Å². The molecule has 0 spiro atoms. The number of H-pyrrole nitrogens is 1. The van der Waals surface area contributed by atoms with E-state index in [0.29, 0.717) is 6.04 Å². The van der Waals surface area contributed by atoms with Crippen LogP contribution >= 0.6 is 0 Å². The van der Waals surface area contributed by atoms with Gasteiger partial charge in [-0.3, -0.25) is 10.3 Å². The van der Waals surface area contributed by atoms with E-state index < -0.39 is 0 Å². The summed E-state index contributed by atoms with van der Waals surface area (Å²) in [6, 6.07) is 9.16. The summed E-state index contributed by atoms with van der Waals surface area (Å²) in [5, 5.41) is 8.40. The number of benzene rings is 1. The molecule has 1 aromatic heterocycles. The second-order valence-corrected chi connectivity index (χ2v) is 7.49. The van der Waals surface area contributed by atoms with E-state index >= 15 is 0 Å². The number of rotatable bonds is 3. The van der Waals surface area contributed by atoms with Crippen LogP contribution in [0.25, 0.3) is 16.5 Å². The van der Waals surface area contributed by atoms with Gasteiger partial charge in [-0.2, -0.15) is 0 Å². The minimum Gasteiger partial charge on any atom is -0.361 e. The van der Waals surface area contributed by atoms with Crippen molar-refractivity contribution in [2.24, 2.45) is 10.9 Å². The van der Waals surface area contributed by atoms with Crippen LogP contribution in [-0.4, -0.2) is 48.1 Å². The molecule has 5 heteroatoms. The van der Waals surface area contributed by atoms with Gasteiger partial charge in [-0.15, -0.1) is 0 Å². The number of nitrogens with zero attached hydrogens (tertiary/aromatic N) is 2. The second kappa shape index (κ2) is 6.32. The van der Waals surface area contributed by atoms with Crippen molar-refractivity contribution in [3.8, 4) is 0 Å². The lowest BCUT2D eigenvalue weighted by Crippen LogP contribution is -2.56. The van der Waals surface area contributed by atoms with E-state index in [1.54, 1.807) is 0 Å². The van der Waals surface area contributed by atoms with Gasteiger partial charge in [0, 0.05) is 42.3 Å². The molecule has 25 heavy (non-hydrogen) atoms. The second-order valence-electron chi connectivity index (χ2n) is 7.49. The van der Waals surface area contributed by atoms with Crippen LogP contribution in [0.15, 0.2) is 41.7 Å². The normalized spacial score (nSPS) is 31.6. The third-order valence-corrected chi connectivity index (χ3v) is 5.89. The summed E-state index contributed by atoms with van der Waals surface area (Å²) in [6.07, 6.45) is 9.99. The summed E-state index contributed by atoms with van der Waals surface area (Å²) in [7, 11) is 0. The van der Waals surface area contributed by atoms with Crippen molar-refractivity contribution in [2.45, 2.75) is 31.6 Å². The number of aliphatic imine (C=N–C) groups is 1. The number of aromatic amines is 1. The first-order valence-electron chi connectivity index (χ1n) is 9.40. The molecule has 2 fully saturated rings. The summed E-state index contributed by atoms with van der Waals surface area (Å²) < 4.78 is 0. The van der Waals surface area contributed by atoms with Crippen LogP contribution in [0.5, 0.6) is 0 Å². The minimum atomic E-state index is -0.00165. The fourth-order valence-electron chi connectivity index (χ4n) is 4.49. The molecule has 0 saturated carbocycles. The van der Waals surface area contributed by atoms with Gasteiger partial charge in [0.2, 0.25) is 0 Å². The van der Waals surface area contributed by atoms with Gasteiger partial charge in [0.15, 0.2) is 6.29 Å². The fraction of sp³-hybridized carbons (Fsp3) is 0.450. The highest BCUT2D eigenvalue weighted by Gasteiger charge is 2.32. The van der Waals surface area contributed by atoms with Gasteiger partial charge in [0.25, 0.3) is 0 Å². The molecule has 4 heterocycles. The van der Waals surface area contributed by atoms with E-state index in [2.05, 4.69) is 51.0 Å². The van der Waals surface area contributed by atoms with Gasteiger partial charge in [0.1, 0.15) is 0 Å². The Hall–Kier alpha value is -2.11. The van der Waals surface area contributed by atoms with Crippen LogP contribution in [0, 0.1) is 5.92 Å². The van der Waals surface area contributed by atoms with Gasteiger partial charge in [-0.25, -0.2) is 0 Å². The third-order valence-electron chi connectivity index (χ3n) is 5.89. The summed E-state index contributed by atoms with van der Waals surface area (Å²) in [5.74, 6) is 0.779. The minimum absolute atomic E-state index is 0.00165. The van der Waals surface area contributed by atoms with Crippen molar-refractivity contribution in [2.75, 3.05) is 19.6 Å². The maximum absolute atomic E-state index is 4.72. The molecule has 3 aliphatic heterocycles. The molecule has 5 nitrogen and oxygen atoms in total. The Morgan fingerprint density at radius 2 is 2.16 bits per heavy atom. The first-order valence-corrected chi connectivity index (χ1v) is 9.40. The highest BCUT2D eigenvalue weighted by atomic mass is 15.3. The lowest BCUT2D eigenvalue weighted by Gasteiger charge is -2.43. The smallest absolute Gasteiger partial charge is 0.173 e. The molecule has 1 aromatic carbocycles. The monoisotopic (exact) mass is 335 g/mol. The van der Waals surface area contributed by atoms with E-state index in [1.165, 1.54) is 55.4 Å². The van der Waals surface area contributed by atoms with Crippen molar-refractivity contribution in [3.05, 3.63) is 42.2 Å². The number of hydrogen-bond donors (Lipinski definition) is 3. The molecule has 2 aromatic rings. The van der Waals surface area contributed by atoms with Crippen LogP contribution in [0.2, 0.25) is 0 Å². The lowest BCUT2D eigenvalue weighted by atomic mass is 9.85. The Morgan fingerprint density at radius 3 is 3.08 bits per heavy atom. The predicted octanol–water partition coefficient (Wildman–Crippen LogP) is 2.54. The van der Waals surface area contributed by atoms with Crippen LogP contribution in [0.1, 0.15) is 24.8 Å². The van der Waals surface area contributed by atoms with Gasteiger partial charge in [0.05, 0.1) is 0 Å². The topological polar surface area (TPSA) is 55.5 Å². The van der Waals surface area contributed by atoms with E-state index in [0.717, 1.165) is 11.5 Å². The molecule has 0 amide bonds. The van der Waals surface area contributed by atoms with Crippen LogP contribution < -0.4 is 10.6 Å². The molecule has 4 unspecified atom stereocenters. The molecule has 2 saturated heterocycles. The first kappa shape index (κ1) is 15.2. The molecule has 130 valence electrons. The van der Waals surface area contributed by atoms with E-state index in [9.17, 15) is 0 Å². The number of hydrogen-bond acceptors (Lipinski definition) is 4.